The van der Waals surface area contributed by atoms with Gasteiger partial charge in [0, 0.05) is 33.5 Å². The van der Waals surface area contributed by atoms with E-state index in [1.54, 1.807) is 12.1 Å². The number of allylic oxidation sites excluding steroid dienone is 1. The summed E-state index contributed by atoms with van der Waals surface area (Å²) in [6, 6.07) is 13.4. The number of benzene rings is 3. The Morgan fingerprint density at radius 3 is 2.55 bits per heavy atom. The standard InChI is InChI=1S/C26H20ClF2NO/c1-14-13-26(2,3)30-21-9-8-17-18-11-16(28)12-20(29)25(18)31-22(24(17)23(14)21)10-15-6-4-5-7-19(15)27/h4-13,30H,1-3H3/b22-10-. The SMILES string of the molecule is CC1=CC(C)(C)Nc2ccc3c(c21)/C(=C/c1ccccc1Cl)Oc1c(F)cc(F)cc1-3. The van der Waals surface area contributed by atoms with Crippen LogP contribution in [0.25, 0.3) is 28.5 Å². The molecule has 0 unspecified atom stereocenters. The van der Waals surface area contributed by atoms with Crippen molar-refractivity contribution < 1.29 is 13.5 Å². The number of fused-ring (bicyclic) bond motifs is 5. The van der Waals surface area contributed by atoms with Gasteiger partial charge >= 0.3 is 0 Å². The summed E-state index contributed by atoms with van der Waals surface area (Å²) in [5.41, 5.74) is 5.37. The van der Waals surface area contributed by atoms with Crippen LogP contribution in [0.3, 0.4) is 0 Å². The van der Waals surface area contributed by atoms with Gasteiger partial charge in [-0.3, -0.25) is 0 Å². The Morgan fingerprint density at radius 2 is 1.77 bits per heavy atom. The highest BCUT2D eigenvalue weighted by Crippen LogP contribution is 2.50. The molecule has 2 aliphatic rings. The highest BCUT2D eigenvalue weighted by molar-refractivity contribution is 6.32. The monoisotopic (exact) mass is 435 g/mol. The fourth-order valence-electron chi connectivity index (χ4n) is 4.45. The lowest BCUT2D eigenvalue weighted by Crippen LogP contribution is -2.32. The second kappa shape index (κ2) is 6.96. The van der Waals surface area contributed by atoms with Crippen molar-refractivity contribution in [1.82, 2.24) is 0 Å². The molecule has 156 valence electrons. The minimum Gasteiger partial charge on any atom is -0.453 e. The molecule has 0 spiro atoms. The van der Waals surface area contributed by atoms with Gasteiger partial charge in [-0.2, -0.15) is 0 Å². The molecule has 0 amide bonds. The van der Waals surface area contributed by atoms with Gasteiger partial charge in [-0.1, -0.05) is 41.9 Å². The maximum Gasteiger partial charge on any atom is 0.171 e. The molecule has 31 heavy (non-hydrogen) atoms. The third-order valence-corrected chi connectivity index (χ3v) is 5.93. The van der Waals surface area contributed by atoms with Gasteiger partial charge in [0.15, 0.2) is 11.6 Å². The van der Waals surface area contributed by atoms with Crippen molar-refractivity contribution in [2.45, 2.75) is 26.3 Å². The second-order valence-corrected chi connectivity index (χ2v) is 8.89. The quantitative estimate of drug-likeness (QED) is 0.421. The number of rotatable bonds is 1. The van der Waals surface area contributed by atoms with Crippen molar-refractivity contribution in [1.29, 1.82) is 0 Å². The van der Waals surface area contributed by atoms with Gasteiger partial charge in [0.25, 0.3) is 0 Å². The van der Waals surface area contributed by atoms with Crippen LogP contribution in [-0.2, 0) is 0 Å². The molecule has 0 fully saturated rings. The molecule has 1 N–H and O–H groups in total. The highest BCUT2D eigenvalue weighted by atomic mass is 35.5. The molecule has 2 heterocycles. The van der Waals surface area contributed by atoms with E-state index in [9.17, 15) is 8.78 Å². The first-order valence-electron chi connectivity index (χ1n) is 10.0. The van der Waals surface area contributed by atoms with Crippen LogP contribution in [0.2, 0.25) is 5.02 Å². The lowest BCUT2D eigenvalue weighted by atomic mass is 9.83. The maximum absolute atomic E-state index is 14.7. The van der Waals surface area contributed by atoms with E-state index in [4.69, 9.17) is 16.3 Å². The van der Waals surface area contributed by atoms with E-state index in [2.05, 4.69) is 25.2 Å². The summed E-state index contributed by atoms with van der Waals surface area (Å²) < 4.78 is 34.9. The van der Waals surface area contributed by atoms with Crippen molar-refractivity contribution in [3.05, 3.63) is 88.0 Å². The average Bonchev–Trinajstić information content (AvgIpc) is 2.69. The van der Waals surface area contributed by atoms with Crippen molar-refractivity contribution in [2.75, 3.05) is 5.32 Å². The fraction of sp³-hybridized carbons (Fsp3) is 0.154. The number of hydrogen-bond acceptors (Lipinski definition) is 2. The van der Waals surface area contributed by atoms with Gasteiger partial charge in [-0.25, -0.2) is 8.78 Å². The van der Waals surface area contributed by atoms with Gasteiger partial charge in [0.1, 0.15) is 11.6 Å². The Kier molecular flexibility index (Phi) is 4.45. The van der Waals surface area contributed by atoms with E-state index < -0.39 is 11.6 Å². The van der Waals surface area contributed by atoms with Crippen molar-refractivity contribution in [2.24, 2.45) is 0 Å². The number of halogens is 3. The summed E-state index contributed by atoms with van der Waals surface area (Å²) in [5, 5.41) is 4.08. The molecule has 5 heteroatoms. The highest BCUT2D eigenvalue weighted by Gasteiger charge is 2.32. The first-order valence-corrected chi connectivity index (χ1v) is 10.4. The smallest absolute Gasteiger partial charge is 0.171 e. The zero-order valence-corrected chi connectivity index (χ0v) is 18.1. The Balaban J connectivity index is 1.84. The fourth-order valence-corrected chi connectivity index (χ4v) is 4.64. The van der Waals surface area contributed by atoms with E-state index in [1.807, 2.05) is 37.3 Å². The van der Waals surface area contributed by atoms with E-state index in [-0.39, 0.29) is 11.3 Å². The molecule has 0 aromatic heterocycles. The molecular weight excluding hydrogens is 416 g/mol. The molecule has 2 aliphatic heterocycles. The number of anilines is 1. The molecule has 0 aliphatic carbocycles. The topological polar surface area (TPSA) is 21.3 Å². The minimum absolute atomic E-state index is 0.0119. The molecule has 0 saturated carbocycles. The van der Waals surface area contributed by atoms with Gasteiger partial charge < -0.3 is 10.1 Å². The molecule has 2 nitrogen and oxygen atoms in total. The van der Waals surface area contributed by atoms with Crippen LogP contribution in [0.4, 0.5) is 14.5 Å². The Labute approximate surface area is 184 Å². The molecule has 3 aromatic carbocycles. The Morgan fingerprint density at radius 1 is 1.00 bits per heavy atom. The maximum atomic E-state index is 14.7. The second-order valence-electron chi connectivity index (χ2n) is 8.48. The molecule has 0 atom stereocenters. The molecule has 5 rings (SSSR count). The van der Waals surface area contributed by atoms with E-state index in [1.165, 1.54) is 6.07 Å². The molecule has 3 aromatic rings. The van der Waals surface area contributed by atoms with Crippen molar-refractivity contribution in [3.63, 3.8) is 0 Å². The van der Waals surface area contributed by atoms with Crippen LogP contribution in [-0.4, -0.2) is 5.54 Å². The predicted molar refractivity (Wildman–Crippen MR) is 123 cm³/mol. The van der Waals surface area contributed by atoms with Crippen LogP contribution in [0.5, 0.6) is 5.75 Å². The summed E-state index contributed by atoms with van der Waals surface area (Å²) in [6.45, 7) is 6.22. The summed E-state index contributed by atoms with van der Waals surface area (Å²) >= 11 is 6.38. The van der Waals surface area contributed by atoms with Gasteiger partial charge in [0.05, 0.1) is 5.54 Å². The largest absolute Gasteiger partial charge is 0.453 e. The van der Waals surface area contributed by atoms with Gasteiger partial charge in [-0.15, -0.1) is 0 Å². The third-order valence-electron chi connectivity index (χ3n) is 5.58. The van der Waals surface area contributed by atoms with Crippen LogP contribution in [0.15, 0.2) is 54.6 Å². The molecule has 0 radical (unpaired) electrons. The Hall–Kier alpha value is -3.11. The molecular formula is C26H20ClF2NO. The van der Waals surface area contributed by atoms with Crippen LogP contribution >= 0.6 is 11.6 Å². The van der Waals surface area contributed by atoms with Gasteiger partial charge in [0.2, 0.25) is 0 Å². The lowest BCUT2D eigenvalue weighted by Gasteiger charge is -2.35. The van der Waals surface area contributed by atoms with E-state index >= 15 is 0 Å². The zero-order chi connectivity index (χ0) is 21.9. The van der Waals surface area contributed by atoms with Crippen molar-refractivity contribution >= 4 is 34.7 Å². The van der Waals surface area contributed by atoms with Crippen LogP contribution in [0.1, 0.15) is 37.5 Å². The lowest BCUT2D eigenvalue weighted by molar-refractivity contribution is 0.460. The summed E-state index contributed by atoms with van der Waals surface area (Å²) in [5.74, 6) is -0.909. The number of ether oxygens (including phenoxy) is 1. The van der Waals surface area contributed by atoms with Crippen LogP contribution < -0.4 is 10.1 Å². The number of hydrogen-bond donors (Lipinski definition) is 1. The zero-order valence-electron chi connectivity index (χ0n) is 17.3. The van der Waals surface area contributed by atoms with Crippen LogP contribution in [0, 0.1) is 11.6 Å². The van der Waals surface area contributed by atoms with Gasteiger partial charge in [-0.05, 0) is 61.7 Å². The Bertz CT molecular complexity index is 1310. The van der Waals surface area contributed by atoms with Crippen molar-refractivity contribution in [3.8, 4) is 16.9 Å². The predicted octanol–water partition coefficient (Wildman–Crippen LogP) is 7.78. The minimum atomic E-state index is -0.741. The van der Waals surface area contributed by atoms with E-state index in [0.29, 0.717) is 21.9 Å². The molecule has 0 saturated heterocycles. The average molecular weight is 436 g/mol. The number of nitrogens with one attached hydrogen (secondary N) is 1. The first-order chi connectivity index (χ1) is 14.7. The van der Waals surface area contributed by atoms with E-state index in [0.717, 1.165) is 34.0 Å². The summed E-state index contributed by atoms with van der Waals surface area (Å²) in [6.07, 6.45) is 3.95. The first kappa shape index (κ1) is 19.8. The molecule has 0 bridgehead atoms. The third kappa shape index (κ3) is 3.31. The summed E-state index contributed by atoms with van der Waals surface area (Å²) in [7, 11) is 0. The normalized spacial score (nSPS) is 17.1. The summed E-state index contributed by atoms with van der Waals surface area (Å²) in [4.78, 5) is 0.